The topological polar surface area (TPSA) is 58.2 Å². The molecule has 0 saturated heterocycles. The fraction of sp³-hybridized carbons (Fsp3) is 0.259. The van der Waals surface area contributed by atoms with E-state index < -0.39 is 0 Å². The van der Waals surface area contributed by atoms with Crippen molar-refractivity contribution in [3.8, 4) is 11.1 Å². The average molecular weight is 415 g/mol. The first-order valence-electron chi connectivity index (χ1n) is 10.8. The minimum atomic E-state index is -0.145. The number of rotatable bonds is 9. The van der Waals surface area contributed by atoms with Crippen LogP contribution in [-0.2, 0) is 17.9 Å². The highest BCUT2D eigenvalue weighted by molar-refractivity contribution is 5.97. The summed E-state index contributed by atoms with van der Waals surface area (Å²) in [7, 11) is 0. The minimum Gasteiger partial charge on any atom is -0.352 e. The third-order valence-corrected chi connectivity index (χ3v) is 5.18. The standard InChI is InChI=1S/C27H30N2O2/c1-20(2)13-16-26(30)28-19-24-15-14-23(22-11-7-4-8-12-22)17-25(24)27(31)29-18-21-9-5-3-6-10-21/h3-12,14-15,17,20H,13,16,18-19H2,1-2H3,(H,28,30)(H,29,31). The van der Waals surface area contributed by atoms with E-state index in [0.717, 1.165) is 28.7 Å². The third-order valence-electron chi connectivity index (χ3n) is 5.18. The van der Waals surface area contributed by atoms with E-state index in [2.05, 4.69) is 24.5 Å². The predicted octanol–water partition coefficient (Wildman–Crippen LogP) is 5.34. The third kappa shape index (κ3) is 6.82. The summed E-state index contributed by atoms with van der Waals surface area (Å²) in [6, 6.07) is 25.6. The van der Waals surface area contributed by atoms with E-state index in [1.807, 2.05) is 78.9 Å². The van der Waals surface area contributed by atoms with Crippen LogP contribution in [-0.4, -0.2) is 11.8 Å². The molecular weight excluding hydrogens is 384 g/mol. The van der Waals surface area contributed by atoms with Gasteiger partial charge in [-0.1, -0.05) is 86.6 Å². The van der Waals surface area contributed by atoms with Crippen LogP contribution in [0.25, 0.3) is 11.1 Å². The monoisotopic (exact) mass is 414 g/mol. The lowest BCUT2D eigenvalue weighted by Gasteiger charge is -2.14. The Labute approximate surface area is 184 Å². The molecule has 2 N–H and O–H groups in total. The Morgan fingerprint density at radius 2 is 1.45 bits per heavy atom. The van der Waals surface area contributed by atoms with E-state index in [1.54, 1.807) is 0 Å². The largest absolute Gasteiger partial charge is 0.352 e. The summed E-state index contributed by atoms with van der Waals surface area (Å²) in [4.78, 5) is 25.2. The van der Waals surface area contributed by atoms with Gasteiger partial charge in [0.15, 0.2) is 0 Å². The Kier molecular flexibility index (Phi) is 7.99. The summed E-state index contributed by atoms with van der Waals surface area (Å²) in [6.07, 6.45) is 1.35. The van der Waals surface area contributed by atoms with Crippen molar-refractivity contribution in [3.05, 3.63) is 95.6 Å². The molecule has 0 spiro atoms. The van der Waals surface area contributed by atoms with Gasteiger partial charge in [-0.2, -0.15) is 0 Å². The Morgan fingerprint density at radius 1 is 0.774 bits per heavy atom. The highest BCUT2D eigenvalue weighted by Gasteiger charge is 2.14. The van der Waals surface area contributed by atoms with Crippen molar-refractivity contribution in [1.29, 1.82) is 0 Å². The first-order valence-corrected chi connectivity index (χ1v) is 10.8. The first kappa shape index (κ1) is 22.3. The maximum absolute atomic E-state index is 13.1. The van der Waals surface area contributed by atoms with Gasteiger partial charge in [0.1, 0.15) is 0 Å². The highest BCUT2D eigenvalue weighted by Crippen LogP contribution is 2.23. The average Bonchev–Trinajstić information content (AvgIpc) is 2.81. The molecule has 160 valence electrons. The number of amides is 2. The zero-order valence-corrected chi connectivity index (χ0v) is 18.2. The molecule has 3 rings (SSSR count). The maximum atomic E-state index is 13.1. The molecule has 0 fully saturated rings. The van der Waals surface area contributed by atoms with Gasteiger partial charge in [-0.3, -0.25) is 9.59 Å². The van der Waals surface area contributed by atoms with Crippen LogP contribution in [0.15, 0.2) is 78.9 Å². The van der Waals surface area contributed by atoms with Gasteiger partial charge in [-0.25, -0.2) is 0 Å². The van der Waals surface area contributed by atoms with Crippen LogP contribution in [0.4, 0.5) is 0 Å². The van der Waals surface area contributed by atoms with E-state index in [4.69, 9.17) is 0 Å². The number of benzene rings is 3. The lowest BCUT2D eigenvalue weighted by Crippen LogP contribution is -2.27. The zero-order chi connectivity index (χ0) is 22.1. The normalized spacial score (nSPS) is 10.7. The van der Waals surface area contributed by atoms with Gasteiger partial charge in [0.05, 0.1) is 0 Å². The smallest absolute Gasteiger partial charge is 0.251 e. The van der Waals surface area contributed by atoms with Crippen LogP contribution >= 0.6 is 0 Å². The van der Waals surface area contributed by atoms with E-state index in [1.165, 1.54) is 0 Å². The van der Waals surface area contributed by atoms with Gasteiger partial charge in [0, 0.05) is 25.1 Å². The molecule has 4 heteroatoms. The zero-order valence-electron chi connectivity index (χ0n) is 18.2. The van der Waals surface area contributed by atoms with Gasteiger partial charge >= 0.3 is 0 Å². The fourth-order valence-electron chi connectivity index (χ4n) is 3.33. The van der Waals surface area contributed by atoms with E-state index in [0.29, 0.717) is 31.0 Å². The quantitative estimate of drug-likeness (QED) is 0.497. The molecule has 0 bridgehead atoms. The lowest BCUT2D eigenvalue weighted by atomic mass is 9.98. The van der Waals surface area contributed by atoms with Crippen molar-refractivity contribution < 1.29 is 9.59 Å². The highest BCUT2D eigenvalue weighted by atomic mass is 16.2. The molecular formula is C27H30N2O2. The molecule has 0 aliphatic heterocycles. The number of carbonyl (C=O) groups excluding carboxylic acids is 2. The second-order valence-electron chi connectivity index (χ2n) is 8.12. The van der Waals surface area contributed by atoms with Gasteiger partial charge in [0.2, 0.25) is 5.91 Å². The summed E-state index contributed by atoms with van der Waals surface area (Å²) in [6.45, 7) is 4.99. The molecule has 0 aromatic heterocycles. The van der Waals surface area contributed by atoms with E-state index in [9.17, 15) is 9.59 Å². The summed E-state index contributed by atoms with van der Waals surface area (Å²) >= 11 is 0. The second-order valence-corrected chi connectivity index (χ2v) is 8.12. The number of carbonyl (C=O) groups is 2. The molecule has 0 heterocycles. The molecule has 0 saturated carbocycles. The van der Waals surface area contributed by atoms with Gasteiger partial charge < -0.3 is 10.6 Å². The van der Waals surface area contributed by atoms with Crippen molar-refractivity contribution in [2.45, 2.75) is 39.8 Å². The SMILES string of the molecule is CC(C)CCC(=O)NCc1ccc(-c2ccccc2)cc1C(=O)NCc1ccccc1. The van der Waals surface area contributed by atoms with Crippen LogP contribution in [0.3, 0.4) is 0 Å². The molecule has 3 aromatic rings. The molecule has 0 atom stereocenters. The minimum absolute atomic E-state index is 0.0106. The second kappa shape index (κ2) is 11.1. The van der Waals surface area contributed by atoms with Crippen molar-refractivity contribution in [2.24, 2.45) is 5.92 Å². The summed E-state index contributed by atoms with van der Waals surface area (Å²) in [5.41, 5.74) is 4.45. The first-order chi connectivity index (χ1) is 15.0. The van der Waals surface area contributed by atoms with Crippen LogP contribution in [0, 0.1) is 5.92 Å². The predicted molar refractivity (Wildman–Crippen MR) is 125 cm³/mol. The van der Waals surface area contributed by atoms with Crippen molar-refractivity contribution in [3.63, 3.8) is 0 Å². The number of hydrogen-bond donors (Lipinski definition) is 2. The van der Waals surface area contributed by atoms with Crippen molar-refractivity contribution in [2.75, 3.05) is 0 Å². The van der Waals surface area contributed by atoms with Crippen LogP contribution in [0.1, 0.15) is 48.2 Å². The molecule has 0 radical (unpaired) electrons. The van der Waals surface area contributed by atoms with Crippen molar-refractivity contribution in [1.82, 2.24) is 10.6 Å². The van der Waals surface area contributed by atoms with Crippen LogP contribution in [0.5, 0.6) is 0 Å². The number of hydrogen-bond acceptors (Lipinski definition) is 2. The Morgan fingerprint density at radius 3 is 2.13 bits per heavy atom. The molecule has 0 aliphatic rings. The molecule has 0 aliphatic carbocycles. The Balaban J connectivity index is 1.78. The molecule has 31 heavy (non-hydrogen) atoms. The summed E-state index contributed by atoms with van der Waals surface area (Å²) < 4.78 is 0. The van der Waals surface area contributed by atoms with E-state index >= 15 is 0 Å². The van der Waals surface area contributed by atoms with Crippen LogP contribution in [0.2, 0.25) is 0 Å². The molecule has 0 unspecified atom stereocenters. The summed E-state index contributed by atoms with van der Waals surface area (Å²) in [5, 5.41) is 5.97. The maximum Gasteiger partial charge on any atom is 0.251 e. The molecule has 2 amide bonds. The van der Waals surface area contributed by atoms with Crippen LogP contribution < -0.4 is 10.6 Å². The lowest BCUT2D eigenvalue weighted by molar-refractivity contribution is -0.121. The Bertz CT molecular complexity index is 998. The van der Waals surface area contributed by atoms with Gasteiger partial charge in [-0.05, 0) is 40.7 Å². The van der Waals surface area contributed by atoms with Gasteiger partial charge in [-0.15, -0.1) is 0 Å². The van der Waals surface area contributed by atoms with Gasteiger partial charge in [0.25, 0.3) is 5.91 Å². The molecule has 4 nitrogen and oxygen atoms in total. The fourth-order valence-corrected chi connectivity index (χ4v) is 3.33. The summed E-state index contributed by atoms with van der Waals surface area (Å²) in [5.74, 6) is 0.347. The van der Waals surface area contributed by atoms with E-state index in [-0.39, 0.29) is 11.8 Å². The number of nitrogens with one attached hydrogen (secondary N) is 2. The van der Waals surface area contributed by atoms with Crippen molar-refractivity contribution >= 4 is 11.8 Å². The molecule has 3 aromatic carbocycles. The Hall–Kier alpha value is -3.40.